The van der Waals surface area contributed by atoms with Gasteiger partial charge in [0.05, 0.1) is 6.61 Å². The normalized spacial score (nSPS) is 29.3. The second-order valence-corrected chi connectivity index (χ2v) is 5.45. The molecular weight excluding hydrogens is 226 g/mol. The number of carbonyl (C=O) groups excluding carboxylic acids is 1. The van der Waals surface area contributed by atoms with Crippen LogP contribution < -0.4 is 5.73 Å². The van der Waals surface area contributed by atoms with E-state index in [1.165, 1.54) is 0 Å². The Kier molecular flexibility index (Phi) is 6.16. The Morgan fingerprint density at radius 1 is 1.56 bits per heavy atom. The maximum absolute atomic E-state index is 11.1. The fourth-order valence-corrected chi connectivity index (χ4v) is 3.29. The van der Waals surface area contributed by atoms with Crippen molar-refractivity contribution in [1.82, 2.24) is 0 Å². The summed E-state index contributed by atoms with van der Waals surface area (Å²) in [6.45, 7) is 2.27. The molecule has 16 heavy (non-hydrogen) atoms. The molecule has 0 amide bonds. The predicted molar refractivity (Wildman–Crippen MR) is 64.0 cm³/mol. The first kappa shape index (κ1) is 13.8. The summed E-state index contributed by atoms with van der Waals surface area (Å²) in [5.41, 5.74) is 3.90. The highest BCUT2D eigenvalue weighted by Crippen LogP contribution is 2.29. The Hall–Kier alpha value is -0.260. The zero-order valence-corrected chi connectivity index (χ0v) is 10.7. The number of unbranched alkanes of at least 4 members (excludes halogenated alkanes) is 1. The Bertz CT molecular complexity index is 225. The van der Waals surface area contributed by atoms with E-state index in [2.05, 4.69) is 5.73 Å². The predicted octanol–water partition coefficient (Wildman–Crippen LogP) is 0.197. The van der Waals surface area contributed by atoms with Gasteiger partial charge in [0.15, 0.2) is 0 Å². The van der Waals surface area contributed by atoms with Crippen molar-refractivity contribution in [3.05, 3.63) is 0 Å². The van der Waals surface area contributed by atoms with Crippen LogP contribution in [0.2, 0.25) is 0 Å². The Labute approximate surface area is 101 Å². The van der Waals surface area contributed by atoms with Crippen LogP contribution in [0.15, 0.2) is 0 Å². The highest BCUT2D eigenvalue weighted by atomic mass is 32.2. The highest BCUT2D eigenvalue weighted by Gasteiger charge is 2.34. The first-order valence-corrected chi connectivity index (χ1v) is 6.98. The van der Waals surface area contributed by atoms with E-state index in [1.807, 2.05) is 6.92 Å². The van der Waals surface area contributed by atoms with Crippen LogP contribution in [-0.4, -0.2) is 40.8 Å². The lowest BCUT2D eigenvalue weighted by Crippen LogP contribution is -2.66. The van der Waals surface area contributed by atoms with Gasteiger partial charge in [-0.25, -0.2) is 0 Å². The number of aliphatic hydroxyl groups excluding tert-OH is 1. The molecule has 1 aliphatic heterocycles. The minimum absolute atomic E-state index is 0.114. The van der Waals surface area contributed by atoms with Gasteiger partial charge in [0.2, 0.25) is 0 Å². The number of ether oxygens (including phenoxy) is 1. The average molecular weight is 248 g/mol. The number of esters is 1. The molecule has 1 saturated heterocycles. The fourth-order valence-electron chi connectivity index (χ4n) is 1.85. The van der Waals surface area contributed by atoms with Crippen molar-refractivity contribution in [2.45, 2.75) is 50.0 Å². The van der Waals surface area contributed by atoms with Gasteiger partial charge in [-0.3, -0.25) is 4.79 Å². The van der Waals surface area contributed by atoms with Crippen molar-refractivity contribution in [3.63, 3.8) is 0 Å². The molecule has 4 N–H and O–H groups in total. The molecule has 0 aromatic rings. The van der Waals surface area contributed by atoms with E-state index in [1.54, 1.807) is 11.8 Å². The molecule has 1 fully saturated rings. The van der Waals surface area contributed by atoms with Gasteiger partial charge in [0.25, 0.3) is 0 Å². The van der Waals surface area contributed by atoms with Crippen molar-refractivity contribution >= 4 is 17.7 Å². The molecule has 1 rings (SSSR count). The van der Waals surface area contributed by atoms with Crippen molar-refractivity contribution in [2.75, 3.05) is 12.4 Å². The van der Waals surface area contributed by atoms with Crippen LogP contribution in [-0.2, 0) is 9.53 Å². The third kappa shape index (κ3) is 4.31. The number of hydrogen-bond donors (Lipinski definition) is 2. The van der Waals surface area contributed by atoms with E-state index >= 15 is 0 Å². The number of carbonyl (C=O) groups is 1. The standard InChI is InChI=1S/C11H21NO3S/c1-2-15-10(13)6-4-3-5-9-11(14)8(12)7-16-9/h8-9,11,14H,2-7,12H2,1H3/p+1. The summed E-state index contributed by atoms with van der Waals surface area (Å²) in [6.07, 6.45) is 3.02. The Morgan fingerprint density at radius 2 is 2.31 bits per heavy atom. The monoisotopic (exact) mass is 248 g/mol. The quantitative estimate of drug-likeness (QED) is 0.520. The van der Waals surface area contributed by atoms with Crippen LogP contribution >= 0.6 is 11.8 Å². The van der Waals surface area contributed by atoms with E-state index in [0.717, 1.165) is 25.0 Å². The topological polar surface area (TPSA) is 74.2 Å². The minimum atomic E-state index is -0.271. The summed E-state index contributed by atoms with van der Waals surface area (Å²) in [4.78, 5) is 11.1. The molecule has 3 unspecified atom stereocenters. The average Bonchev–Trinajstić information content (AvgIpc) is 2.56. The maximum atomic E-state index is 11.1. The second-order valence-electron chi connectivity index (χ2n) is 4.17. The third-order valence-electron chi connectivity index (χ3n) is 2.81. The van der Waals surface area contributed by atoms with Gasteiger partial charge in [0.1, 0.15) is 12.1 Å². The first-order chi connectivity index (χ1) is 7.65. The van der Waals surface area contributed by atoms with Crippen LogP contribution in [0, 0.1) is 0 Å². The van der Waals surface area contributed by atoms with E-state index < -0.39 is 0 Å². The van der Waals surface area contributed by atoms with Crippen molar-refractivity contribution in [2.24, 2.45) is 0 Å². The molecule has 0 spiro atoms. The van der Waals surface area contributed by atoms with Gasteiger partial charge in [-0.2, -0.15) is 0 Å². The molecule has 0 bridgehead atoms. The molecular formula is C11H22NO3S+. The summed E-state index contributed by atoms with van der Waals surface area (Å²) < 4.78 is 4.85. The van der Waals surface area contributed by atoms with Crippen molar-refractivity contribution < 1.29 is 20.4 Å². The molecule has 0 aromatic heterocycles. The summed E-state index contributed by atoms with van der Waals surface area (Å²) in [5.74, 6) is 0.834. The summed E-state index contributed by atoms with van der Waals surface area (Å²) in [7, 11) is 0. The number of quaternary nitrogens is 1. The molecule has 1 heterocycles. The number of aliphatic hydroxyl groups is 1. The van der Waals surface area contributed by atoms with Gasteiger partial charge in [-0.15, -0.1) is 11.8 Å². The Balaban J connectivity index is 2.05. The first-order valence-electron chi connectivity index (χ1n) is 5.93. The summed E-state index contributed by atoms with van der Waals surface area (Å²) in [5, 5.41) is 10.1. The van der Waals surface area contributed by atoms with E-state index in [4.69, 9.17) is 4.74 Å². The Morgan fingerprint density at radius 3 is 2.88 bits per heavy atom. The molecule has 1 aliphatic rings. The fraction of sp³-hybridized carbons (Fsp3) is 0.909. The van der Waals surface area contributed by atoms with Gasteiger partial charge < -0.3 is 15.6 Å². The number of thioether (sulfide) groups is 1. The summed E-state index contributed by atoms with van der Waals surface area (Å²) >= 11 is 1.80. The van der Waals surface area contributed by atoms with E-state index in [9.17, 15) is 9.90 Å². The molecule has 0 radical (unpaired) electrons. The molecule has 5 heteroatoms. The molecule has 0 saturated carbocycles. The van der Waals surface area contributed by atoms with E-state index in [0.29, 0.717) is 18.3 Å². The lowest BCUT2D eigenvalue weighted by Gasteiger charge is -2.13. The van der Waals surface area contributed by atoms with Gasteiger partial charge in [-0.1, -0.05) is 6.42 Å². The lowest BCUT2D eigenvalue weighted by atomic mass is 10.0. The van der Waals surface area contributed by atoms with Crippen LogP contribution in [0.1, 0.15) is 32.6 Å². The molecule has 0 aliphatic carbocycles. The van der Waals surface area contributed by atoms with Crippen LogP contribution in [0.25, 0.3) is 0 Å². The SMILES string of the molecule is CCOC(=O)CCCCC1SCC([NH3+])C1O. The number of hydrogen-bond acceptors (Lipinski definition) is 4. The van der Waals surface area contributed by atoms with Crippen molar-refractivity contribution in [1.29, 1.82) is 0 Å². The maximum Gasteiger partial charge on any atom is 0.305 e. The van der Waals surface area contributed by atoms with Crippen LogP contribution in [0.3, 0.4) is 0 Å². The zero-order valence-electron chi connectivity index (χ0n) is 9.85. The van der Waals surface area contributed by atoms with Gasteiger partial charge in [0, 0.05) is 17.4 Å². The third-order valence-corrected chi connectivity index (χ3v) is 4.38. The minimum Gasteiger partial charge on any atom is -0.466 e. The highest BCUT2D eigenvalue weighted by molar-refractivity contribution is 8.00. The van der Waals surface area contributed by atoms with Crippen LogP contribution in [0.5, 0.6) is 0 Å². The summed E-state index contributed by atoms with van der Waals surface area (Å²) in [6, 6.07) is 0.167. The lowest BCUT2D eigenvalue weighted by molar-refractivity contribution is -0.427. The molecule has 0 aromatic carbocycles. The van der Waals surface area contributed by atoms with Gasteiger partial charge >= 0.3 is 5.97 Å². The number of rotatable bonds is 6. The van der Waals surface area contributed by atoms with Crippen LogP contribution in [0.4, 0.5) is 0 Å². The van der Waals surface area contributed by atoms with Gasteiger partial charge in [-0.05, 0) is 19.8 Å². The second kappa shape index (κ2) is 7.14. The molecule has 94 valence electrons. The largest absolute Gasteiger partial charge is 0.466 e. The zero-order chi connectivity index (χ0) is 12.0. The smallest absolute Gasteiger partial charge is 0.305 e. The molecule has 4 nitrogen and oxygen atoms in total. The van der Waals surface area contributed by atoms with Crippen molar-refractivity contribution in [3.8, 4) is 0 Å². The van der Waals surface area contributed by atoms with E-state index in [-0.39, 0.29) is 18.1 Å². The molecule has 3 atom stereocenters.